The smallest absolute Gasteiger partial charge is 0.259 e. The number of nitrogens with one attached hydrogen (secondary N) is 1. The normalized spacial score (nSPS) is 14.6. The quantitative estimate of drug-likeness (QED) is 0.499. The van der Waals surface area contributed by atoms with Crippen LogP contribution in [-0.4, -0.2) is 38.5 Å². The molecule has 32 heavy (non-hydrogen) atoms. The van der Waals surface area contributed by atoms with Crippen molar-refractivity contribution in [3.8, 4) is 0 Å². The van der Waals surface area contributed by atoms with E-state index in [0.717, 1.165) is 18.4 Å². The van der Waals surface area contributed by atoms with E-state index in [9.17, 15) is 9.18 Å². The van der Waals surface area contributed by atoms with Gasteiger partial charge in [-0.1, -0.05) is 36.4 Å². The van der Waals surface area contributed by atoms with Crippen LogP contribution >= 0.6 is 0 Å². The van der Waals surface area contributed by atoms with Crippen molar-refractivity contribution in [2.75, 3.05) is 18.4 Å². The lowest BCUT2D eigenvalue weighted by molar-refractivity contribution is 0.0713. The fourth-order valence-corrected chi connectivity index (χ4v) is 4.32. The first-order valence-corrected chi connectivity index (χ1v) is 10.8. The summed E-state index contributed by atoms with van der Waals surface area (Å²) in [5.41, 5.74) is 3.48. The number of likely N-dealkylation sites (tertiary alicyclic amines) is 1. The first kappa shape index (κ1) is 20.2. The fraction of sp³-hybridized carbons (Fsp3) is 0.240. The number of aryl methyl sites for hydroxylation is 1. The highest BCUT2D eigenvalue weighted by Gasteiger charge is 2.27. The first-order valence-electron chi connectivity index (χ1n) is 10.8. The molecule has 7 heteroatoms. The molecular formula is C25H24FN5O. The molecule has 1 aliphatic heterocycles. The molecule has 1 fully saturated rings. The van der Waals surface area contributed by atoms with Crippen LogP contribution in [0.4, 0.5) is 15.9 Å². The number of benzene rings is 2. The molecule has 0 atom stereocenters. The van der Waals surface area contributed by atoms with Crippen LogP contribution in [0.25, 0.3) is 5.65 Å². The number of fused-ring (bicyclic) bond motifs is 1. The molecule has 3 heterocycles. The maximum Gasteiger partial charge on any atom is 0.259 e. The largest absolute Gasteiger partial charge is 0.338 e. The third-order valence-electron chi connectivity index (χ3n) is 6.07. The van der Waals surface area contributed by atoms with Gasteiger partial charge in [0.1, 0.15) is 17.2 Å². The molecule has 5 rings (SSSR count). The highest BCUT2D eigenvalue weighted by molar-refractivity contribution is 5.99. The monoisotopic (exact) mass is 429 g/mol. The summed E-state index contributed by atoms with van der Waals surface area (Å²) in [6, 6.07) is 17.0. The van der Waals surface area contributed by atoms with Gasteiger partial charge in [0, 0.05) is 25.4 Å². The summed E-state index contributed by atoms with van der Waals surface area (Å²) in [5, 5.41) is 7.41. The summed E-state index contributed by atoms with van der Waals surface area (Å²) in [5.74, 6) is 0.345. The third kappa shape index (κ3) is 3.82. The van der Waals surface area contributed by atoms with Gasteiger partial charge in [0.15, 0.2) is 5.65 Å². The summed E-state index contributed by atoms with van der Waals surface area (Å²) >= 11 is 0. The fourth-order valence-electron chi connectivity index (χ4n) is 4.32. The van der Waals surface area contributed by atoms with Gasteiger partial charge in [-0.3, -0.25) is 4.79 Å². The van der Waals surface area contributed by atoms with Gasteiger partial charge in [-0.2, -0.15) is 9.61 Å². The maximum absolute atomic E-state index is 14.5. The van der Waals surface area contributed by atoms with Gasteiger partial charge in [0.05, 0.1) is 11.9 Å². The van der Waals surface area contributed by atoms with E-state index in [4.69, 9.17) is 0 Å². The van der Waals surface area contributed by atoms with Crippen LogP contribution in [0.5, 0.6) is 0 Å². The second-order valence-corrected chi connectivity index (χ2v) is 8.21. The minimum atomic E-state index is -0.394. The van der Waals surface area contributed by atoms with E-state index in [1.807, 2.05) is 17.9 Å². The summed E-state index contributed by atoms with van der Waals surface area (Å²) in [6.07, 6.45) is 4.98. The molecule has 0 radical (unpaired) electrons. The molecule has 0 saturated carbocycles. The molecule has 4 aromatic rings. The lowest BCUT2D eigenvalue weighted by atomic mass is 9.89. The Morgan fingerprint density at radius 2 is 1.88 bits per heavy atom. The predicted octanol–water partition coefficient (Wildman–Crippen LogP) is 4.94. The molecule has 0 spiro atoms. The second kappa shape index (κ2) is 8.42. The molecule has 2 aromatic carbocycles. The molecule has 0 aliphatic carbocycles. The zero-order valence-corrected chi connectivity index (χ0v) is 17.8. The molecule has 1 N–H and O–H groups in total. The number of anilines is 2. The van der Waals surface area contributed by atoms with Crippen LogP contribution in [0.2, 0.25) is 0 Å². The highest BCUT2D eigenvalue weighted by Crippen LogP contribution is 2.30. The molecule has 6 nitrogen and oxygen atoms in total. The Labute approximate surface area is 185 Å². The summed E-state index contributed by atoms with van der Waals surface area (Å²) in [4.78, 5) is 19.7. The molecule has 1 saturated heterocycles. The van der Waals surface area contributed by atoms with Crippen LogP contribution in [-0.2, 0) is 0 Å². The van der Waals surface area contributed by atoms with Gasteiger partial charge < -0.3 is 10.2 Å². The molecular weight excluding hydrogens is 405 g/mol. The number of halogens is 1. The van der Waals surface area contributed by atoms with E-state index in [0.29, 0.717) is 41.7 Å². The maximum atomic E-state index is 14.5. The number of nitrogens with zero attached hydrogens (tertiary/aromatic N) is 4. The van der Waals surface area contributed by atoms with Gasteiger partial charge in [-0.05, 0) is 48.9 Å². The van der Waals surface area contributed by atoms with Gasteiger partial charge in [-0.25, -0.2) is 9.37 Å². The van der Waals surface area contributed by atoms with Crippen molar-refractivity contribution >= 4 is 23.1 Å². The van der Waals surface area contributed by atoms with E-state index < -0.39 is 5.82 Å². The summed E-state index contributed by atoms with van der Waals surface area (Å²) < 4.78 is 16.0. The van der Waals surface area contributed by atoms with E-state index >= 15 is 0 Å². The number of carbonyl (C=O) groups excluding carboxylic acids is 1. The second-order valence-electron chi connectivity index (χ2n) is 8.21. The summed E-state index contributed by atoms with van der Waals surface area (Å²) in [6.45, 7) is 3.21. The first-order chi connectivity index (χ1) is 15.6. The SMILES string of the molecule is Cc1ccc(F)c(Nc2c(C(=O)N3CCC(c4ccccc4)CC3)cnc3ccnn23)c1. The van der Waals surface area contributed by atoms with Crippen LogP contribution in [0, 0.1) is 12.7 Å². The molecule has 0 bridgehead atoms. The minimum absolute atomic E-state index is 0.128. The van der Waals surface area contributed by atoms with Crippen molar-refractivity contribution in [3.05, 3.63) is 89.5 Å². The van der Waals surface area contributed by atoms with Crippen LogP contribution in [0.15, 0.2) is 67.0 Å². The van der Waals surface area contributed by atoms with Crippen molar-refractivity contribution in [3.63, 3.8) is 0 Å². The van der Waals surface area contributed by atoms with Gasteiger partial charge in [0.25, 0.3) is 5.91 Å². The molecule has 2 aromatic heterocycles. The van der Waals surface area contributed by atoms with Crippen molar-refractivity contribution in [1.29, 1.82) is 0 Å². The van der Waals surface area contributed by atoms with E-state index in [1.165, 1.54) is 11.6 Å². The molecule has 0 unspecified atom stereocenters. The van der Waals surface area contributed by atoms with Crippen molar-refractivity contribution in [2.45, 2.75) is 25.7 Å². The van der Waals surface area contributed by atoms with Gasteiger partial charge in [0.2, 0.25) is 0 Å². The van der Waals surface area contributed by atoms with E-state index in [-0.39, 0.29) is 5.91 Å². The lowest BCUT2D eigenvalue weighted by Crippen LogP contribution is -2.38. The molecule has 1 amide bonds. The van der Waals surface area contributed by atoms with Crippen molar-refractivity contribution < 1.29 is 9.18 Å². The predicted molar refractivity (Wildman–Crippen MR) is 122 cm³/mol. The molecule has 162 valence electrons. The van der Waals surface area contributed by atoms with Crippen LogP contribution < -0.4 is 5.32 Å². The number of rotatable bonds is 4. The number of piperidine rings is 1. The molecule has 1 aliphatic rings. The van der Waals surface area contributed by atoms with E-state index in [1.54, 1.807) is 35.1 Å². The number of hydrogen-bond donors (Lipinski definition) is 1. The van der Waals surface area contributed by atoms with Crippen LogP contribution in [0.3, 0.4) is 0 Å². The zero-order chi connectivity index (χ0) is 22.1. The average molecular weight is 429 g/mol. The highest BCUT2D eigenvalue weighted by atomic mass is 19.1. The van der Waals surface area contributed by atoms with E-state index in [2.05, 4.69) is 39.7 Å². The van der Waals surface area contributed by atoms with Crippen molar-refractivity contribution in [2.24, 2.45) is 0 Å². The minimum Gasteiger partial charge on any atom is -0.338 e. The average Bonchev–Trinajstić information content (AvgIpc) is 3.31. The Balaban J connectivity index is 1.43. The van der Waals surface area contributed by atoms with Crippen molar-refractivity contribution in [1.82, 2.24) is 19.5 Å². The Hall–Kier alpha value is -3.74. The number of amides is 1. The topological polar surface area (TPSA) is 62.5 Å². The van der Waals surface area contributed by atoms with Gasteiger partial charge in [-0.15, -0.1) is 0 Å². The lowest BCUT2D eigenvalue weighted by Gasteiger charge is -2.32. The van der Waals surface area contributed by atoms with Crippen LogP contribution in [0.1, 0.15) is 40.2 Å². The number of hydrogen-bond acceptors (Lipinski definition) is 4. The Morgan fingerprint density at radius 3 is 2.66 bits per heavy atom. The zero-order valence-electron chi connectivity index (χ0n) is 17.8. The Bertz CT molecular complexity index is 1260. The Kier molecular flexibility index (Phi) is 5.31. The third-order valence-corrected chi connectivity index (χ3v) is 6.07. The summed E-state index contributed by atoms with van der Waals surface area (Å²) in [7, 11) is 0. The Morgan fingerprint density at radius 1 is 1.09 bits per heavy atom. The number of aromatic nitrogens is 3. The standard InChI is InChI=1S/C25H24FN5O/c1-17-7-8-21(26)22(15-17)29-24-20(16-27-23-9-12-28-31(23)24)25(32)30-13-10-19(11-14-30)18-5-3-2-4-6-18/h2-9,12,15-16,19,29H,10-11,13-14H2,1H3. The number of carbonyl (C=O) groups is 1. The van der Waals surface area contributed by atoms with Gasteiger partial charge >= 0.3 is 0 Å².